The van der Waals surface area contributed by atoms with Crippen LogP contribution in [0.25, 0.3) is 0 Å². The van der Waals surface area contributed by atoms with Crippen molar-refractivity contribution >= 4 is 23.2 Å². The van der Waals surface area contributed by atoms with E-state index in [0.717, 1.165) is 48.1 Å². The van der Waals surface area contributed by atoms with Gasteiger partial charge in [0.2, 0.25) is 0 Å². The second-order valence-corrected chi connectivity index (χ2v) is 6.27. The van der Waals surface area contributed by atoms with Gasteiger partial charge in [-0.1, -0.05) is 19.1 Å². The lowest BCUT2D eigenvalue weighted by Gasteiger charge is -2.23. The molecule has 0 atom stereocenters. The zero-order valence-electron chi connectivity index (χ0n) is 16.1. The number of fused-ring (bicyclic) bond motifs is 2. The molecule has 2 N–H and O–H groups in total. The number of anilines is 1. The molecule has 1 heterocycles. The maximum Gasteiger partial charge on any atom is 0.319 e. The summed E-state index contributed by atoms with van der Waals surface area (Å²) in [5, 5.41) is 5.71. The highest BCUT2D eigenvalue weighted by atomic mass is 16.5. The van der Waals surface area contributed by atoms with Gasteiger partial charge in [0.25, 0.3) is 0 Å². The van der Waals surface area contributed by atoms with Crippen LogP contribution >= 0.6 is 0 Å². The molecule has 1 aliphatic heterocycles. The Kier molecular flexibility index (Phi) is 5.96. The second kappa shape index (κ2) is 8.58. The Balaban J connectivity index is 2.01. The third kappa shape index (κ3) is 4.22. The maximum absolute atomic E-state index is 12.0. The van der Waals surface area contributed by atoms with Gasteiger partial charge < -0.3 is 20.3 Å². The van der Waals surface area contributed by atoms with E-state index in [-0.39, 0.29) is 6.03 Å². The number of hydrogen-bond acceptors (Lipinski definition) is 4. The van der Waals surface area contributed by atoms with Crippen molar-refractivity contribution in [3.63, 3.8) is 0 Å². The van der Waals surface area contributed by atoms with Gasteiger partial charge in [0.05, 0.1) is 5.56 Å². The fourth-order valence-corrected chi connectivity index (χ4v) is 2.98. The molecule has 0 aromatic heterocycles. The van der Waals surface area contributed by atoms with Crippen molar-refractivity contribution in [2.75, 3.05) is 25.0 Å². The van der Waals surface area contributed by atoms with Crippen LogP contribution in [-0.4, -0.2) is 36.4 Å². The Bertz CT molecular complexity index is 844. The Morgan fingerprint density at radius 2 is 1.85 bits per heavy atom. The van der Waals surface area contributed by atoms with Crippen molar-refractivity contribution in [3.05, 3.63) is 48.0 Å². The number of amides is 2. The predicted molar refractivity (Wildman–Crippen MR) is 109 cm³/mol. The number of rotatable bonds is 5. The van der Waals surface area contributed by atoms with Gasteiger partial charge in [0, 0.05) is 25.3 Å². The fraction of sp³-hybridized carbons (Fsp3) is 0.333. The summed E-state index contributed by atoms with van der Waals surface area (Å²) in [7, 11) is 0. The van der Waals surface area contributed by atoms with Crippen LogP contribution in [0.5, 0.6) is 11.5 Å². The Labute approximate surface area is 160 Å². The largest absolute Gasteiger partial charge is 0.454 e. The minimum atomic E-state index is -0.212. The third-order valence-electron chi connectivity index (χ3n) is 4.39. The molecule has 0 saturated carbocycles. The molecular formula is C21H26N4O2. The average Bonchev–Trinajstić information content (AvgIpc) is 2.84. The van der Waals surface area contributed by atoms with E-state index < -0.39 is 0 Å². The predicted octanol–water partition coefficient (Wildman–Crippen LogP) is 4.74. The number of carbonyl (C=O) groups excluding carboxylic acids is 1. The molecular weight excluding hydrogens is 340 g/mol. The van der Waals surface area contributed by atoms with Crippen LogP contribution in [0.4, 0.5) is 16.2 Å². The number of hydrogen-bond donors (Lipinski definition) is 2. The number of ether oxygens (including phenoxy) is 1. The number of nitrogens with one attached hydrogen (secondary N) is 2. The van der Waals surface area contributed by atoms with Crippen LogP contribution in [0.3, 0.4) is 0 Å². The number of aliphatic imine (C=N–C) groups is 1. The van der Waals surface area contributed by atoms with Crippen LogP contribution in [-0.2, 0) is 0 Å². The summed E-state index contributed by atoms with van der Waals surface area (Å²) in [6, 6.07) is 13.2. The van der Waals surface area contributed by atoms with Crippen LogP contribution < -0.4 is 15.4 Å². The lowest BCUT2D eigenvalue weighted by atomic mass is 10.1. The topological polar surface area (TPSA) is 66.0 Å². The van der Waals surface area contributed by atoms with Gasteiger partial charge >= 0.3 is 6.03 Å². The molecule has 0 bridgehead atoms. The Morgan fingerprint density at radius 3 is 2.59 bits per heavy atom. The van der Waals surface area contributed by atoms with Crippen molar-refractivity contribution in [3.8, 4) is 11.5 Å². The molecule has 2 aromatic carbocycles. The van der Waals surface area contributed by atoms with Gasteiger partial charge in [-0.05, 0) is 50.6 Å². The fourth-order valence-electron chi connectivity index (χ4n) is 2.98. The molecule has 0 saturated heterocycles. The first-order valence-electron chi connectivity index (χ1n) is 9.46. The summed E-state index contributed by atoms with van der Waals surface area (Å²) in [6.45, 7) is 8.51. The first-order valence-corrected chi connectivity index (χ1v) is 9.46. The summed E-state index contributed by atoms with van der Waals surface area (Å²) in [5.74, 6) is 2.30. The second-order valence-electron chi connectivity index (χ2n) is 6.27. The van der Waals surface area contributed by atoms with Crippen LogP contribution in [0.2, 0.25) is 0 Å². The van der Waals surface area contributed by atoms with Crippen LogP contribution in [0, 0.1) is 0 Å². The highest BCUT2D eigenvalue weighted by Gasteiger charge is 2.22. The highest BCUT2D eigenvalue weighted by Crippen LogP contribution is 2.38. The summed E-state index contributed by atoms with van der Waals surface area (Å²) < 4.78 is 6.13. The number of carbonyl (C=O) groups is 1. The Hall–Kier alpha value is -3.02. The first kappa shape index (κ1) is 18.8. The summed E-state index contributed by atoms with van der Waals surface area (Å²) >= 11 is 0. The van der Waals surface area contributed by atoms with E-state index in [0.29, 0.717) is 12.2 Å². The molecule has 0 unspecified atom stereocenters. The maximum atomic E-state index is 12.0. The number of amidine groups is 1. The summed E-state index contributed by atoms with van der Waals surface area (Å²) in [4.78, 5) is 19.1. The van der Waals surface area contributed by atoms with Gasteiger partial charge in [0.1, 0.15) is 17.3 Å². The van der Waals surface area contributed by atoms with Crippen LogP contribution in [0.1, 0.15) is 32.8 Å². The number of urea groups is 1. The Morgan fingerprint density at radius 1 is 1.07 bits per heavy atom. The zero-order valence-corrected chi connectivity index (χ0v) is 16.1. The molecule has 2 aromatic rings. The number of benzene rings is 2. The van der Waals surface area contributed by atoms with E-state index in [4.69, 9.17) is 9.73 Å². The van der Waals surface area contributed by atoms with Gasteiger partial charge in [-0.3, -0.25) is 0 Å². The first-order chi connectivity index (χ1) is 13.2. The SMILES string of the molecule is CCCNC(=O)Nc1ccc2c(c1)C(N(CC)CC)=Nc1ccccc1O2. The average molecular weight is 366 g/mol. The van der Waals surface area contributed by atoms with E-state index in [1.165, 1.54) is 0 Å². The highest BCUT2D eigenvalue weighted by molar-refractivity contribution is 6.05. The van der Waals surface area contributed by atoms with Crippen molar-refractivity contribution in [2.24, 2.45) is 4.99 Å². The smallest absolute Gasteiger partial charge is 0.319 e. The minimum absolute atomic E-state index is 0.212. The molecule has 6 nitrogen and oxygen atoms in total. The van der Waals surface area contributed by atoms with Gasteiger partial charge in [0.15, 0.2) is 5.75 Å². The van der Waals surface area contributed by atoms with Gasteiger partial charge in [-0.25, -0.2) is 9.79 Å². The molecule has 0 aliphatic carbocycles. The van der Waals surface area contributed by atoms with E-state index in [1.54, 1.807) is 0 Å². The molecule has 142 valence electrons. The van der Waals surface area contributed by atoms with Crippen molar-refractivity contribution in [1.82, 2.24) is 10.2 Å². The summed E-state index contributed by atoms with van der Waals surface area (Å²) in [5.41, 5.74) is 2.37. The lowest BCUT2D eigenvalue weighted by molar-refractivity contribution is 0.252. The molecule has 0 fully saturated rings. The van der Waals surface area contributed by atoms with E-state index in [1.807, 2.05) is 49.4 Å². The van der Waals surface area contributed by atoms with Gasteiger partial charge in [-0.2, -0.15) is 0 Å². The third-order valence-corrected chi connectivity index (χ3v) is 4.39. The van der Waals surface area contributed by atoms with Crippen LogP contribution in [0.15, 0.2) is 47.5 Å². The van der Waals surface area contributed by atoms with E-state index in [9.17, 15) is 4.79 Å². The number of nitrogens with zero attached hydrogens (tertiary/aromatic N) is 2. The molecule has 3 rings (SSSR count). The normalized spacial score (nSPS) is 12.0. The monoisotopic (exact) mass is 366 g/mol. The summed E-state index contributed by atoms with van der Waals surface area (Å²) in [6.07, 6.45) is 0.891. The lowest BCUT2D eigenvalue weighted by Crippen LogP contribution is -2.32. The van der Waals surface area contributed by atoms with Crippen molar-refractivity contribution in [2.45, 2.75) is 27.2 Å². The minimum Gasteiger partial charge on any atom is -0.454 e. The van der Waals surface area contributed by atoms with Crippen molar-refractivity contribution in [1.29, 1.82) is 0 Å². The molecule has 1 aliphatic rings. The molecule has 0 spiro atoms. The molecule has 2 amide bonds. The van der Waals surface area contributed by atoms with E-state index >= 15 is 0 Å². The molecule has 0 radical (unpaired) electrons. The molecule has 6 heteroatoms. The quantitative estimate of drug-likeness (QED) is 0.803. The van der Waals surface area contributed by atoms with Crippen molar-refractivity contribution < 1.29 is 9.53 Å². The molecule has 27 heavy (non-hydrogen) atoms. The van der Waals surface area contributed by atoms with E-state index in [2.05, 4.69) is 29.4 Å². The standard InChI is InChI=1S/C21H26N4O2/c1-4-13-22-21(26)23-15-11-12-18-16(14-15)20(25(5-2)6-3)24-17-9-7-8-10-19(17)27-18/h7-12,14H,4-6,13H2,1-3H3,(H2,22,23,26). The number of para-hydroxylation sites is 2. The van der Waals surface area contributed by atoms with Gasteiger partial charge in [-0.15, -0.1) is 0 Å². The zero-order chi connectivity index (χ0) is 19.2.